The number of aryl methyl sites for hydroxylation is 1. The number of hydrogen-bond donors (Lipinski definition) is 0. The molecule has 0 radical (unpaired) electrons. The Hall–Kier alpha value is -2.92. The molecule has 0 saturated carbocycles. The van der Waals surface area contributed by atoms with Crippen LogP contribution in [0.3, 0.4) is 0 Å². The van der Waals surface area contributed by atoms with Gasteiger partial charge >= 0.3 is 0 Å². The Morgan fingerprint density at radius 3 is 2.53 bits per heavy atom. The van der Waals surface area contributed by atoms with E-state index in [1.54, 1.807) is 0 Å². The average molecular weight is 433 g/mol. The van der Waals surface area contributed by atoms with E-state index in [2.05, 4.69) is 49.0 Å². The third kappa shape index (κ3) is 4.94. The third-order valence-corrected chi connectivity index (χ3v) is 6.32. The molecule has 5 heteroatoms. The third-order valence-electron chi connectivity index (χ3n) is 6.32. The van der Waals surface area contributed by atoms with Crippen molar-refractivity contribution < 1.29 is 14.3 Å². The van der Waals surface area contributed by atoms with Crippen molar-refractivity contribution in [3.05, 3.63) is 53.6 Å². The van der Waals surface area contributed by atoms with Crippen LogP contribution in [0.15, 0.2) is 47.5 Å². The van der Waals surface area contributed by atoms with Crippen LogP contribution < -0.4 is 4.74 Å². The molecule has 2 fully saturated rings. The van der Waals surface area contributed by atoms with Crippen molar-refractivity contribution in [2.24, 2.45) is 4.99 Å². The van der Waals surface area contributed by atoms with Gasteiger partial charge < -0.3 is 14.4 Å². The summed E-state index contributed by atoms with van der Waals surface area (Å²) in [6.45, 7) is 10.0. The number of allylic oxidation sites excluding steroid dienone is 1. The maximum atomic E-state index is 12.5. The van der Waals surface area contributed by atoms with Crippen LogP contribution in [0.5, 0.6) is 5.75 Å². The molecule has 2 aromatic carbocycles. The van der Waals surface area contributed by atoms with Crippen LogP contribution in [-0.2, 0) is 9.53 Å². The second-order valence-electron chi connectivity index (χ2n) is 8.55. The van der Waals surface area contributed by atoms with E-state index in [1.807, 2.05) is 30.0 Å². The number of carbonyl (C=O) groups excluding carboxylic acids is 1. The lowest BCUT2D eigenvalue weighted by Gasteiger charge is -2.33. The number of rotatable bonds is 6. The Bertz CT molecular complexity index is 983. The summed E-state index contributed by atoms with van der Waals surface area (Å²) in [5.74, 6) is 1.01. The SMILES string of the molecule is C=Nc1cc(-c2ccc(OC3CCN(C(=O)[C@H]4CCCO4)CC3)cc2)cc(C)c1/C=C\C. The van der Waals surface area contributed by atoms with Gasteiger partial charge in [0.2, 0.25) is 0 Å². The molecule has 0 aliphatic carbocycles. The van der Waals surface area contributed by atoms with Crippen LogP contribution in [0.2, 0.25) is 0 Å². The normalized spacial score (nSPS) is 19.4. The zero-order valence-electron chi connectivity index (χ0n) is 19.0. The van der Waals surface area contributed by atoms with Gasteiger partial charge in [0.1, 0.15) is 18.0 Å². The number of likely N-dealkylation sites (tertiary alicyclic amines) is 1. The number of piperidine rings is 1. The van der Waals surface area contributed by atoms with Gasteiger partial charge in [0.05, 0.1) is 5.69 Å². The molecule has 2 aliphatic heterocycles. The largest absolute Gasteiger partial charge is 0.490 e. The van der Waals surface area contributed by atoms with E-state index in [4.69, 9.17) is 9.47 Å². The van der Waals surface area contributed by atoms with Gasteiger partial charge in [-0.05, 0) is 68.3 Å². The molecule has 1 amide bonds. The van der Waals surface area contributed by atoms with Crippen molar-refractivity contribution in [2.45, 2.75) is 51.7 Å². The number of aliphatic imine (C=N–C) groups is 1. The molecule has 32 heavy (non-hydrogen) atoms. The fraction of sp³-hybridized carbons (Fsp3) is 0.407. The highest BCUT2D eigenvalue weighted by molar-refractivity contribution is 5.81. The minimum atomic E-state index is -0.229. The molecule has 5 nitrogen and oxygen atoms in total. The lowest BCUT2D eigenvalue weighted by Crippen LogP contribution is -2.45. The molecule has 1 atom stereocenters. The minimum absolute atomic E-state index is 0.133. The van der Waals surface area contributed by atoms with Crippen molar-refractivity contribution in [2.75, 3.05) is 19.7 Å². The average Bonchev–Trinajstić information content (AvgIpc) is 3.36. The fourth-order valence-electron chi connectivity index (χ4n) is 4.55. The summed E-state index contributed by atoms with van der Waals surface area (Å²) in [6.07, 6.45) is 7.52. The summed E-state index contributed by atoms with van der Waals surface area (Å²) in [4.78, 5) is 18.7. The summed E-state index contributed by atoms with van der Waals surface area (Å²) in [5.41, 5.74) is 5.41. The number of carbonyl (C=O) groups is 1. The molecule has 0 bridgehead atoms. The van der Waals surface area contributed by atoms with Crippen LogP contribution in [-0.4, -0.2) is 49.4 Å². The van der Waals surface area contributed by atoms with Crippen molar-refractivity contribution in [1.82, 2.24) is 4.90 Å². The van der Waals surface area contributed by atoms with Gasteiger partial charge in [-0.15, -0.1) is 0 Å². The van der Waals surface area contributed by atoms with Gasteiger partial charge in [0.25, 0.3) is 5.91 Å². The fourth-order valence-corrected chi connectivity index (χ4v) is 4.55. The molecule has 0 N–H and O–H groups in total. The Morgan fingerprint density at radius 2 is 1.91 bits per heavy atom. The van der Waals surface area contributed by atoms with Crippen LogP contribution in [0.25, 0.3) is 17.2 Å². The van der Waals surface area contributed by atoms with Gasteiger partial charge in [-0.1, -0.05) is 30.4 Å². The van der Waals surface area contributed by atoms with Crippen molar-refractivity contribution in [1.29, 1.82) is 0 Å². The quantitative estimate of drug-likeness (QED) is 0.560. The Morgan fingerprint density at radius 1 is 1.16 bits per heavy atom. The van der Waals surface area contributed by atoms with Crippen LogP contribution in [0.1, 0.15) is 43.7 Å². The van der Waals surface area contributed by atoms with Gasteiger partial charge in [0, 0.05) is 38.1 Å². The summed E-state index contributed by atoms with van der Waals surface area (Å²) in [6, 6.07) is 12.5. The molecule has 2 aromatic rings. The summed E-state index contributed by atoms with van der Waals surface area (Å²) >= 11 is 0. The van der Waals surface area contributed by atoms with E-state index in [1.165, 1.54) is 5.56 Å². The Kier molecular flexibility index (Phi) is 7.05. The van der Waals surface area contributed by atoms with Gasteiger partial charge in [0.15, 0.2) is 0 Å². The number of hydrogen-bond acceptors (Lipinski definition) is 4. The molecule has 4 rings (SSSR count). The maximum absolute atomic E-state index is 12.5. The highest BCUT2D eigenvalue weighted by atomic mass is 16.5. The Balaban J connectivity index is 1.37. The van der Waals surface area contributed by atoms with E-state index < -0.39 is 0 Å². The van der Waals surface area contributed by atoms with E-state index in [9.17, 15) is 4.79 Å². The summed E-state index contributed by atoms with van der Waals surface area (Å²) in [5, 5.41) is 0. The van der Waals surface area contributed by atoms with Crippen LogP contribution in [0.4, 0.5) is 5.69 Å². The maximum Gasteiger partial charge on any atom is 0.251 e. The molecule has 168 valence electrons. The number of ether oxygens (including phenoxy) is 2. The van der Waals surface area contributed by atoms with E-state index in [0.717, 1.165) is 66.9 Å². The highest BCUT2D eigenvalue weighted by Gasteiger charge is 2.31. The molecule has 2 saturated heterocycles. The summed E-state index contributed by atoms with van der Waals surface area (Å²) in [7, 11) is 0. The van der Waals surface area contributed by atoms with Crippen LogP contribution in [0, 0.1) is 6.92 Å². The zero-order chi connectivity index (χ0) is 22.5. The number of benzene rings is 2. The van der Waals surface area contributed by atoms with Crippen molar-refractivity contribution in [3.63, 3.8) is 0 Å². The molecule has 2 aliphatic rings. The zero-order valence-corrected chi connectivity index (χ0v) is 19.0. The predicted octanol–water partition coefficient (Wildman–Crippen LogP) is 5.58. The topological polar surface area (TPSA) is 51.1 Å². The van der Waals surface area contributed by atoms with E-state index in [-0.39, 0.29) is 18.1 Å². The van der Waals surface area contributed by atoms with Crippen LogP contribution >= 0.6 is 0 Å². The molecule has 0 aromatic heterocycles. The predicted molar refractivity (Wildman–Crippen MR) is 130 cm³/mol. The number of nitrogens with zero attached hydrogens (tertiary/aromatic N) is 2. The second-order valence-corrected chi connectivity index (χ2v) is 8.55. The molecular formula is C27H32N2O3. The van der Waals surface area contributed by atoms with E-state index in [0.29, 0.717) is 6.61 Å². The first-order chi connectivity index (χ1) is 15.6. The molecule has 0 spiro atoms. The van der Waals surface area contributed by atoms with Gasteiger partial charge in [-0.25, -0.2) is 0 Å². The van der Waals surface area contributed by atoms with Crippen molar-refractivity contribution >= 4 is 24.4 Å². The standard InChI is InChI=1S/C27H32N2O3/c1-4-6-24-19(2)17-21(18-25(24)28-3)20-8-10-22(11-9-20)32-23-12-14-29(15-13-23)27(30)26-7-5-16-31-26/h4,6,8-11,17-18,23,26H,3,5,7,12-16H2,1-2H3/b6-4-/t26-/m1/s1. The first-order valence-electron chi connectivity index (χ1n) is 11.5. The van der Waals surface area contributed by atoms with Gasteiger partial charge in [-0.3, -0.25) is 9.79 Å². The lowest BCUT2D eigenvalue weighted by atomic mass is 9.97. The minimum Gasteiger partial charge on any atom is -0.490 e. The lowest BCUT2D eigenvalue weighted by molar-refractivity contribution is -0.142. The van der Waals surface area contributed by atoms with E-state index >= 15 is 0 Å². The monoisotopic (exact) mass is 432 g/mol. The summed E-state index contributed by atoms with van der Waals surface area (Å²) < 4.78 is 11.8. The highest BCUT2D eigenvalue weighted by Crippen LogP contribution is 2.32. The van der Waals surface area contributed by atoms with Crippen molar-refractivity contribution in [3.8, 4) is 16.9 Å². The molecule has 2 heterocycles. The first kappa shape index (κ1) is 22.3. The smallest absolute Gasteiger partial charge is 0.251 e. The number of amides is 1. The second kappa shape index (κ2) is 10.1. The Labute approximate surface area is 190 Å². The van der Waals surface area contributed by atoms with Gasteiger partial charge in [-0.2, -0.15) is 0 Å². The molecular weight excluding hydrogens is 400 g/mol. The first-order valence-corrected chi connectivity index (χ1v) is 11.5. The molecule has 0 unspecified atom stereocenters.